The third-order valence-corrected chi connectivity index (χ3v) is 3.50. The molecule has 0 fully saturated rings. The molecular weight excluding hydrogens is 288 g/mol. The fourth-order valence-electron chi connectivity index (χ4n) is 2.51. The summed E-state index contributed by atoms with van der Waals surface area (Å²) in [5.74, 6) is 0. The number of hydrogen-bond acceptors (Lipinski definition) is 5. The molecule has 8 nitrogen and oxygen atoms in total. The van der Waals surface area contributed by atoms with Crippen LogP contribution >= 0.6 is 0 Å². The van der Waals surface area contributed by atoms with E-state index in [0.29, 0.717) is 25.2 Å². The largest absolute Gasteiger partial charge is 0.394 e. The number of imidazole rings is 1. The van der Waals surface area contributed by atoms with Gasteiger partial charge in [0, 0.05) is 13.1 Å². The van der Waals surface area contributed by atoms with Crippen molar-refractivity contribution in [1.82, 2.24) is 18.7 Å². The molecule has 0 saturated carbocycles. The maximum atomic E-state index is 12.6. The highest BCUT2D eigenvalue weighted by atomic mass is 16.3. The van der Waals surface area contributed by atoms with Gasteiger partial charge < -0.3 is 14.8 Å². The monoisotopic (exact) mass is 310 g/mol. The normalized spacial score (nSPS) is 12.9. The fourth-order valence-corrected chi connectivity index (χ4v) is 2.51. The van der Waals surface area contributed by atoms with E-state index in [1.165, 1.54) is 20.0 Å². The molecule has 2 aromatic heterocycles. The molecule has 2 heterocycles. The van der Waals surface area contributed by atoms with Gasteiger partial charge in [0.05, 0.1) is 25.6 Å². The summed E-state index contributed by atoms with van der Waals surface area (Å²) in [6.45, 7) is 4.30. The molecule has 0 aliphatic heterocycles. The van der Waals surface area contributed by atoms with Crippen molar-refractivity contribution in [3.8, 4) is 0 Å². The second-order valence-electron chi connectivity index (χ2n) is 5.30. The zero-order valence-electron chi connectivity index (χ0n) is 12.9. The molecule has 0 spiro atoms. The Kier molecular flexibility index (Phi) is 5.15. The quantitative estimate of drug-likeness (QED) is 0.720. The van der Waals surface area contributed by atoms with Crippen molar-refractivity contribution in [1.29, 1.82) is 0 Å². The van der Waals surface area contributed by atoms with E-state index < -0.39 is 18.3 Å². The predicted octanol–water partition coefficient (Wildman–Crippen LogP) is -0.467. The summed E-state index contributed by atoms with van der Waals surface area (Å²) in [7, 11) is 0. The lowest BCUT2D eigenvalue weighted by atomic mass is 10.3. The molecule has 2 N–H and O–H groups in total. The van der Waals surface area contributed by atoms with Crippen LogP contribution in [0, 0.1) is 0 Å². The van der Waals surface area contributed by atoms with E-state index in [1.54, 1.807) is 0 Å². The number of aryl methyl sites for hydroxylation is 1. The number of aliphatic hydroxyl groups is 2. The summed E-state index contributed by atoms with van der Waals surface area (Å²) in [6, 6.07) is 0. The average molecular weight is 310 g/mol. The minimum Gasteiger partial charge on any atom is -0.394 e. The number of rotatable bonds is 7. The van der Waals surface area contributed by atoms with Crippen LogP contribution in [0.5, 0.6) is 0 Å². The van der Waals surface area contributed by atoms with Crippen LogP contribution in [-0.2, 0) is 19.6 Å². The molecule has 0 amide bonds. The number of aliphatic hydroxyl groups excluding tert-OH is 2. The topological polar surface area (TPSA) is 102 Å². The van der Waals surface area contributed by atoms with Crippen LogP contribution in [0.4, 0.5) is 0 Å². The lowest BCUT2D eigenvalue weighted by molar-refractivity contribution is 0.0820. The first kappa shape index (κ1) is 16.4. The average Bonchev–Trinajstić information content (AvgIpc) is 2.91. The Morgan fingerprint density at radius 1 is 1.18 bits per heavy atom. The molecule has 0 aliphatic rings. The maximum absolute atomic E-state index is 12.6. The summed E-state index contributed by atoms with van der Waals surface area (Å²) in [4.78, 5) is 29.2. The number of aromatic nitrogens is 4. The highest BCUT2D eigenvalue weighted by molar-refractivity contribution is 5.70. The Morgan fingerprint density at radius 2 is 1.82 bits per heavy atom. The first-order chi connectivity index (χ1) is 10.5. The first-order valence-corrected chi connectivity index (χ1v) is 7.52. The predicted molar refractivity (Wildman–Crippen MR) is 81.9 cm³/mol. The van der Waals surface area contributed by atoms with E-state index in [9.17, 15) is 14.7 Å². The van der Waals surface area contributed by atoms with E-state index in [2.05, 4.69) is 4.98 Å². The Bertz CT molecular complexity index is 759. The van der Waals surface area contributed by atoms with Crippen LogP contribution in [0.25, 0.3) is 11.2 Å². The summed E-state index contributed by atoms with van der Waals surface area (Å²) in [5.41, 5.74) is -0.144. The van der Waals surface area contributed by atoms with Crippen molar-refractivity contribution in [2.24, 2.45) is 0 Å². The molecule has 122 valence electrons. The van der Waals surface area contributed by atoms with Gasteiger partial charge in [-0.15, -0.1) is 0 Å². The highest BCUT2D eigenvalue weighted by Crippen LogP contribution is 2.08. The fraction of sp³-hybridized carbons (Fsp3) is 0.643. The molecule has 0 bridgehead atoms. The molecule has 2 rings (SSSR count). The van der Waals surface area contributed by atoms with Gasteiger partial charge >= 0.3 is 5.69 Å². The van der Waals surface area contributed by atoms with Crippen LogP contribution in [0.3, 0.4) is 0 Å². The number of hydrogen-bond donors (Lipinski definition) is 2. The number of nitrogens with zero attached hydrogens (tertiary/aromatic N) is 4. The van der Waals surface area contributed by atoms with E-state index >= 15 is 0 Å². The summed E-state index contributed by atoms with van der Waals surface area (Å²) in [5, 5.41) is 18.6. The van der Waals surface area contributed by atoms with Gasteiger partial charge in [-0.1, -0.05) is 13.8 Å². The van der Waals surface area contributed by atoms with E-state index in [4.69, 9.17) is 5.11 Å². The molecular formula is C14H22N4O4. The van der Waals surface area contributed by atoms with Crippen LogP contribution in [-0.4, -0.2) is 41.6 Å². The smallest absolute Gasteiger partial charge is 0.332 e. The molecule has 22 heavy (non-hydrogen) atoms. The summed E-state index contributed by atoms with van der Waals surface area (Å²) in [6.07, 6.45) is 1.85. The van der Waals surface area contributed by atoms with Crippen LogP contribution in [0.1, 0.15) is 26.7 Å². The van der Waals surface area contributed by atoms with Crippen molar-refractivity contribution < 1.29 is 10.2 Å². The van der Waals surface area contributed by atoms with Crippen molar-refractivity contribution in [3.63, 3.8) is 0 Å². The highest BCUT2D eigenvalue weighted by Gasteiger charge is 2.18. The number of fused-ring (bicyclic) bond motifs is 1. The minimum absolute atomic E-state index is 0.0543. The van der Waals surface area contributed by atoms with Gasteiger partial charge in [0.2, 0.25) is 0 Å². The molecule has 0 saturated heterocycles. The second-order valence-corrected chi connectivity index (χ2v) is 5.30. The van der Waals surface area contributed by atoms with Crippen molar-refractivity contribution in [3.05, 3.63) is 27.2 Å². The van der Waals surface area contributed by atoms with Gasteiger partial charge in [0.15, 0.2) is 11.2 Å². The van der Waals surface area contributed by atoms with E-state index in [0.717, 1.165) is 6.42 Å². The van der Waals surface area contributed by atoms with Gasteiger partial charge in [0.1, 0.15) is 0 Å². The van der Waals surface area contributed by atoms with Crippen LogP contribution in [0.15, 0.2) is 15.9 Å². The minimum atomic E-state index is -0.983. The molecule has 0 aromatic carbocycles. The zero-order chi connectivity index (χ0) is 16.3. The third kappa shape index (κ3) is 2.84. The Morgan fingerprint density at radius 3 is 2.41 bits per heavy atom. The van der Waals surface area contributed by atoms with E-state index in [1.807, 2.05) is 13.8 Å². The Balaban J connectivity index is 2.73. The summed E-state index contributed by atoms with van der Waals surface area (Å²) >= 11 is 0. The van der Waals surface area contributed by atoms with Gasteiger partial charge in [0.25, 0.3) is 5.56 Å². The van der Waals surface area contributed by atoms with Gasteiger partial charge in [-0.3, -0.25) is 13.9 Å². The second kappa shape index (κ2) is 6.89. The standard InChI is InChI=1S/C14H22N4O4/c1-3-5-17-12-11(13(21)18(6-4-2)14(17)22)16(9-15-12)7-10(20)8-19/h9-10,19-20H,3-8H2,1-2H3. The summed E-state index contributed by atoms with van der Waals surface area (Å²) < 4.78 is 4.20. The lowest BCUT2D eigenvalue weighted by Gasteiger charge is -2.12. The zero-order valence-corrected chi connectivity index (χ0v) is 12.9. The molecule has 1 unspecified atom stereocenters. The van der Waals surface area contributed by atoms with Gasteiger partial charge in [-0.2, -0.15) is 0 Å². The SMILES string of the molecule is CCCn1c(=O)c2c(ncn2CC(O)CO)n(CCC)c1=O. The molecule has 2 aromatic rings. The van der Waals surface area contributed by atoms with Crippen molar-refractivity contribution in [2.45, 2.75) is 52.4 Å². The lowest BCUT2D eigenvalue weighted by Crippen LogP contribution is -2.40. The van der Waals surface area contributed by atoms with Gasteiger partial charge in [-0.05, 0) is 12.8 Å². The molecule has 0 radical (unpaired) electrons. The third-order valence-electron chi connectivity index (χ3n) is 3.50. The van der Waals surface area contributed by atoms with Crippen molar-refractivity contribution >= 4 is 11.2 Å². The molecule has 8 heteroatoms. The Hall–Kier alpha value is -1.93. The molecule has 1 atom stereocenters. The molecule has 0 aliphatic carbocycles. The van der Waals surface area contributed by atoms with Crippen LogP contribution in [0.2, 0.25) is 0 Å². The maximum Gasteiger partial charge on any atom is 0.332 e. The Labute approximate surface area is 127 Å². The van der Waals surface area contributed by atoms with Crippen LogP contribution < -0.4 is 11.2 Å². The van der Waals surface area contributed by atoms with Crippen molar-refractivity contribution in [2.75, 3.05) is 6.61 Å². The van der Waals surface area contributed by atoms with E-state index in [-0.39, 0.29) is 17.8 Å². The van der Waals surface area contributed by atoms with Gasteiger partial charge in [-0.25, -0.2) is 9.78 Å². The first-order valence-electron chi connectivity index (χ1n) is 7.52.